The molecule has 0 aliphatic rings. The highest BCUT2D eigenvalue weighted by Crippen LogP contribution is 2.30. The van der Waals surface area contributed by atoms with Crippen molar-refractivity contribution in [1.29, 1.82) is 0 Å². The first kappa shape index (κ1) is 18.7. The smallest absolute Gasteiger partial charge is 0.263 e. The molecule has 0 saturated carbocycles. The predicted molar refractivity (Wildman–Crippen MR) is 94.8 cm³/mol. The maximum atomic E-state index is 11.9. The van der Waals surface area contributed by atoms with Crippen molar-refractivity contribution in [2.24, 2.45) is 4.99 Å². The minimum atomic E-state index is -0.819. The normalized spacial score (nSPS) is 10.8. The number of nitrogens with zero attached hydrogens (tertiary/aromatic N) is 2. The van der Waals surface area contributed by atoms with Crippen molar-refractivity contribution in [3.8, 4) is 5.75 Å². The third-order valence-electron chi connectivity index (χ3n) is 3.27. The summed E-state index contributed by atoms with van der Waals surface area (Å²) in [5.41, 5.74) is 0.559. The molecule has 25 heavy (non-hydrogen) atoms. The van der Waals surface area contributed by atoms with Crippen LogP contribution in [0.15, 0.2) is 35.3 Å². The fourth-order valence-corrected chi connectivity index (χ4v) is 2.39. The molecule has 0 unspecified atom stereocenters. The molecule has 0 aliphatic heterocycles. The van der Waals surface area contributed by atoms with Gasteiger partial charge in [0.25, 0.3) is 5.69 Å². The van der Waals surface area contributed by atoms with Gasteiger partial charge in [-0.25, -0.2) is 0 Å². The minimum absolute atomic E-state index is 0.0340. The summed E-state index contributed by atoms with van der Waals surface area (Å²) in [7, 11) is 0. The summed E-state index contributed by atoms with van der Waals surface area (Å²) in [5.74, 6) is -1.24. The number of benzene rings is 2. The molecule has 0 bridgehead atoms. The quantitative estimate of drug-likeness (QED) is 0.487. The maximum absolute atomic E-state index is 11.9. The van der Waals surface area contributed by atoms with E-state index in [0.717, 1.165) is 12.3 Å². The number of carbonyl (C=O) groups excluding carboxylic acids is 1. The van der Waals surface area contributed by atoms with E-state index in [2.05, 4.69) is 10.3 Å². The molecular weight excluding hydrogens is 369 g/mol. The van der Waals surface area contributed by atoms with Gasteiger partial charge in [-0.05, 0) is 42.0 Å². The van der Waals surface area contributed by atoms with Crippen LogP contribution < -0.4 is 10.4 Å². The van der Waals surface area contributed by atoms with E-state index in [-0.39, 0.29) is 17.1 Å². The fraction of sp³-hybridized carbons (Fsp3) is 0.125. The number of nitrogens with one attached hydrogen (secondary N) is 1. The van der Waals surface area contributed by atoms with Gasteiger partial charge in [0.2, 0.25) is 5.91 Å². The van der Waals surface area contributed by atoms with Gasteiger partial charge in [-0.2, -0.15) is 0 Å². The van der Waals surface area contributed by atoms with Gasteiger partial charge >= 0.3 is 0 Å². The Morgan fingerprint density at radius 3 is 2.76 bits per heavy atom. The summed E-state index contributed by atoms with van der Waals surface area (Å²) in [6, 6.07) is 7.31. The number of nitro groups is 1. The van der Waals surface area contributed by atoms with E-state index in [9.17, 15) is 20.0 Å². The second-order valence-electron chi connectivity index (χ2n) is 5.03. The van der Waals surface area contributed by atoms with Crippen LogP contribution in [0.2, 0.25) is 10.0 Å². The van der Waals surface area contributed by atoms with Gasteiger partial charge in [0.15, 0.2) is 0 Å². The Hall–Kier alpha value is -2.64. The van der Waals surface area contributed by atoms with Gasteiger partial charge < -0.3 is 10.4 Å². The summed E-state index contributed by atoms with van der Waals surface area (Å²) < 4.78 is 0. The molecule has 0 atom stereocenters. The average molecular weight is 381 g/mol. The van der Waals surface area contributed by atoms with Crippen molar-refractivity contribution in [3.63, 3.8) is 0 Å². The number of amides is 1. The third-order valence-corrected chi connectivity index (χ3v) is 3.89. The number of hydrogen-bond acceptors (Lipinski definition) is 5. The largest absolute Gasteiger partial charge is 0.867 e. The van der Waals surface area contributed by atoms with Crippen molar-refractivity contribution >= 4 is 46.7 Å². The molecule has 2 aromatic carbocycles. The predicted octanol–water partition coefficient (Wildman–Crippen LogP) is 3.34. The molecule has 9 heteroatoms. The Balaban J connectivity index is 2.09. The SMILES string of the molecule is Cc1c(Cl)cccc1NC(=O)CN=Cc1cc(Cl)cc([N+](=O)[O-])c1[O-]. The Morgan fingerprint density at radius 2 is 2.08 bits per heavy atom. The van der Waals surface area contributed by atoms with Crippen LogP contribution in [-0.4, -0.2) is 23.6 Å². The number of nitro benzene ring substituents is 1. The molecule has 1 N–H and O–H groups in total. The molecule has 0 aromatic heterocycles. The standard InChI is InChI=1S/C16H13Cl2N3O4/c1-9-12(18)3-2-4-13(9)20-15(22)8-19-7-10-5-11(17)6-14(16(10)23)21(24)25/h2-7,23H,8H2,1H3,(H,20,22)/p-1. The van der Waals surface area contributed by atoms with Gasteiger partial charge in [-0.15, -0.1) is 0 Å². The maximum Gasteiger partial charge on any atom is 0.263 e. The highest BCUT2D eigenvalue weighted by atomic mass is 35.5. The van der Waals surface area contributed by atoms with Gasteiger partial charge in [0.1, 0.15) is 6.54 Å². The van der Waals surface area contributed by atoms with Crippen molar-refractivity contribution in [1.82, 2.24) is 0 Å². The summed E-state index contributed by atoms with van der Waals surface area (Å²) in [4.78, 5) is 25.7. The summed E-state index contributed by atoms with van der Waals surface area (Å²) in [6.45, 7) is 1.49. The zero-order valence-electron chi connectivity index (χ0n) is 13.0. The number of rotatable bonds is 5. The Kier molecular flexibility index (Phi) is 5.95. The summed E-state index contributed by atoms with van der Waals surface area (Å²) >= 11 is 11.7. The molecular formula is C16H12Cl2N3O4-. The molecule has 0 radical (unpaired) electrons. The average Bonchev–Trinajstić information content (AvgIpc) is 2.54. The van der Waals surface area contributed by atoms with Gasteiger partial charge in [0, 0.05) is 28.0 Å². The first-order valence-electron chi connectivity index (χ1n) is 6.99. The van der Waals surface area contributed by atoms with Crippen molar-refractivity contribution < 1.29 is 14.8 Å². The van der Waals surface area contributed by atoms with Crippen molar-refractivity contribution in [3.05, 3.63) is 61.6 Å². The van der Waals surface area contributed by atoms with E-state index >= 15 is 0 Å². The second-order valence-corrected chi connectivity index (χ2v) is 5.87. The van der Waals surface area contributed by atoms with E-state index in [0.29, 0.717) is 16.3 Å². The first-order chi connectivity index (χ1) is 11.8. The number of carbonyl (C=O) groups is 1. The van der Waals surface area contributed by atoms with E-state index in [1.165, 1.54) is 6.07 Å². The number of hydrogen-bond donors (Lipinski definition) is 1. The Bertz CT molecular complexity index is 869. The Labute approximate surface area is 153 Å². The van der Waals surface area contributed by atoms with Crippen molar-refractivity contribution in [2.75, 3.05) is 11.9 Å². The zero-order valence-corrected chi connectivity index (χ0v) is 14.5. The second kappa shape index (κ2) is 7.96. The molecule has 0 spiro atoms. The lowest BCUT2D eigenvalue weighted by molar-refractivity contribution is -0.398. The summed E-state index contributed by atoms with van der Waals surface area (Å²) in [6.07, 6.45) is 1.09. The number of anilines is 1. The zero-order chi connectivity index (χ0) is 18.6. The molecule has 0 saturated heterocycles. The third kappa shape index (κ3) is 4.68. The minimum Gasteiger partial charge on any atom is -0.867 e. The molecule has 2 rings (SSSR count). The lowest BCUT2D eigenvalue weighted by atomic mass is 10.2. The molecule has 0 heterocycles. The highest BCUT2D eigenvalue weighted by Gasteiger charge is 2.11. The lowest BCUT2D eigenvalue weighted by Gasteiger charge is -2.11. The van der Waals surface area contributed by atoms with Gasteiger partial charge in [-0.1, -0.05) is 29.3 Å². The van der Waals surface area contributed by atoms with Crippen LogP contribution in [0.5, 0.6) is 5.75 Å². The van der Waals surface area contributed by atoms with Crippen LogP contribution in [-0.2, 0) is 4.79 Å². The van der Waals surface area contributed by atoms with Crippen LogP contribution in [0.4, 0.5) is 11.4 Å². The van der Waals surface area contributed by atoms with Gasteiger partial charge in [0.05, 0.1) is 4.92 Å². The monoisotopic (exact) mass is 380 g/mol. The van der Waals surface area contributed by atoms with E-state index in [4.69, 9.17) is 23.2 Å². The molecule has 0 fully saturated rings. The highest BCUT2D eigenvalue weighted by molar-refractivity contribution is 6.32. The van der Waals surface area contributed by atoms with Gasteiger partial charge in [-0.3, -0.25) is 19.9 Å². The van der Waals surface area contributed by atoms with E-state index in [1.54, 1.807) is 25.1 Å². The summed E-state index contributed by atoms with van der Waals surface area (Å²) in [5, 5.41) is 25.9. The van der Waals surface area contributed by atoms with E-state index < -0.39 is 22.3 Å². The number of halogens is 2. The van der Waals surface area contributed by atoms with Crippen molar-refractivity contribution in [2.45, 2.75) is 6.92 Å². The van der Waals surface area contributed by atoms with Crippen LogP contribution in [0, 0.1) is 17.0 Å². The van der Waals surface area contributed by atoms with Crippen LogP contribution in [0.25, 0.3) is 0 Å². The van der Waals surface area contributed by atoms with Crippen LogP contribution in [0.3, 0.4) is 0 Å². The molecule has 1 amide bonds. The number of aliphatic imine (C=N–C) groups is 1. The molecule has 130 valence electrons. The molecule has 0 aliphatic carbocycles. The first-order valence-corrected chi connectivity index (χ1v) is 7.75. The fourth-order valence-electron chi connectivity index (χ4n) is 1.99. The molecule has 7 nitrogen and oxygen atoms in total. The topological polar surface area (TPSA) is 108 Å². The molecule has 2 aromatic rings. The Morgan fingerprint density at radius 1 is 1.36 bits per heavy atom. The van der Waals surface area contributed by atoms with E-state index in [1.807, 2.05) is 0 Å². The van der Waals surface area contributed by atoms with Crippen LogP contribution >= 0.6 is 23.2 Å². The van der Waals surface area contributed by atoms with Crippen LogP contribution in [0.1, 0.15) is 11.1 Å². The lowest BCUT2D eigenvalue weighted by Crippen LogP contribution is -2.15.